The first-order valence-electron chi connectivity index (χ1n) is 7.06. The Balaban J connectivity index is 1.97. The predicted octanol–water partition coefficient (Wildman–Crippen LogP) is 5.09. The number of nitrogens with one attached hydrogen (secondary N) is 1. The molecule has 2 aromatic carbocycles. The summed E-state index contributed by atoms with van der Waals surface area (Å²) >= 11 is 12.0. The quantitative estimate of drug-likeness (QED) is 0.775. The van der Waals surface area contributed by atoms with Gasteiger partial charge in [0.1, 0.15) is 0 Å². The number of aryl methyl sites for hydroxylation is 1. The Kier molecular flexibility index (Phi) is 5.92. The first-order chi connectivity index (χ1) is 10.1. The average molecular weight is 324 g/mol. The van der Waals surface area contributed by atoms with Crippen molar-refractivity contribution >= 4 is 28.9 Å². The smallest absolute Gasteiger partial charge is 0.0977 e. The predicted molar refractivity (Wildman–Crippen MR) is 90.3 cm³/mol. The molecule has 21 heavy (non-hydrogen) atoms. The molecule has 112 valence electrons. The van der Waals surface area contributed by atoms with E-state index < -0.39 is 6.10 Å². The molecule has 0 aliphatic heterocycles. The maximum atomic E-state index is 10.2. The van der Waals surface area contributed by atoms with Crippen LogP contribution in [0.2, 0.25) is 10.0 Å². The Bertz CT molecular complexity index is 584. The van der Waals surface area contributed by atoms with E-state index in [2.05, 4.69) is 24.4 Å². The van der Waals surface area contributed by atoms with Crippen LogP contribution in [0, 0.1) is 0 Å². The van der Waals surface area contributed by atoms with E-state index in [-0.39, 0.29) is 0 Å². The normalized spacial score (nSPS) is 12.2. The Labute approximate surface area is 135 Å². The lowest BCUT2D eigenvalue weighted by molar-refractivity contribution is 0.192. The molecule has 2 aromatic rings. The van der Waals surface area contributed by atoms with Crippen LogP contribution in [0.1, 0.15) is 30.6 Å². The van der Waals surface area contributed by atoms with Gasteiger partial charge in [0.15, 0.2) is 0 Å². The lowest BCUT2D eigenvalue weighted by Gasteiger charge is -2.15. The zero-order valence-corrected chi connectivity index (χ0v) is 13.5. The van der Waals surface area contributed by atoms with E-state index in [1.807, 2.05) is 12.1 Å². The van der Waals surface area contributed by atoms with E-state index in [4.69, 9.17) is 23.2 Å². The van der Waals surface area contributed by atoms with Crippen LogP contribution >= 0.6 is 23.2 Å². The lowest BCUT2D eigenvalue weighted by atomic mass is 10.1. The molecule has 2 N–H and O–H groups in total. The van der Waals surface area contributed by atoms with Crippen molar-refractivity contribution in [1.29, 1.82) is 0 Å². The van der Waals surface area contributed by atoms with Gasteiger partial charge >= 0.3 is 0 Å². The molecular weight excluding hydrogens is 305 g/mol. The summed E-state index contributed by atoms with van der Waals surface area (Å²) in [4.78, 5) is 0. The molecule has 4 heteroatoms. The second-order valence-corrected chi connectivity index (χ2v) is 5.85. The SMILES string of the molecule is CCCc1ccc(NCC(O)c2cc(Cl)ccc2Cl)cc1. The van der Waals surface area contributed by atoms with Crippen LogP contribution in [0.4, 0.5) is 5.69 Å². The molecule has 2 rings (SSSR count). The molecule has 2 nitrogen and oxygen atoms in total. The summed E-state index contributed by atoms with van der Waals surface area (Å²) in [7, 11) is 0. The van der Waals surface area contributed by atoms with E-state index in [1.165, 1.54) is 5.56 Å². The standard InChI is InChI=1S/C17H19Cl2NO/c1-2-3-12-4-7-14(8-5-12)20-11-17(21)15-10-13(18)6-9-16(15)19/h4-10,17,20-21H,2-3,11H2,1H3. The number of anilines is 1. The summed E-state index contributed by atoms with van der Waals surface area (Å²) in [6.45, 7) is 2.55. The molecule has 0 fully saturated rings. The Morgan fingerprint density at radius 1 is 1.10 bits per heavy atom. The Morgan fingerprint density at radius 3 is 2.48 bits per heavy atom. The molecular formula is C17H19Cl2NO. The van der Waals surface area contributed by atoms with Crippen LogP contribution in [0.25, 0.3) is 0 Å². The van der Waals surface area contributed by atoms with Gasteiger partial charge in [-0.3, -0.25) is 0 Å². The number of benzene rings is 2. The second-order valence-electron chi connectivity index (χ2n) is 5.01. The van der Waals surface area contributed by atoms with E-state index >= 15 is 0 Å². The Hall–Kier alpha value is -1.22. The maximum absolute atomic E-state index is 10.2. The largest absolute Gasteiger partial charge is 0.387 e. The molecule has 0 radical (unpaired) electrons. The average Bonchev–Trinajstić information content (AvgIpc) is 2.49. The van der Waals surface area contributed by atoms with Crippen LogP contribution in [-0.4, -0.2) is 11.7 Å². The van der Waals surface area contributed by atoms with Crippen molar-refractivity contribution in [3.8, 4) is 0 Å². The van der Waals surface area contributed by atoms with Crippen molar-refractivity contribution in [2.45, 2.75) is 25.9 Å². The fourth-order valence-electron chi connectivity index (χ4n) is 2.17. The number of aliphatic hydroxyl groups is 1. The van der Waals surface area contributed by atoms with Gasteiger partial charge in [-0.1, -0.05) is 48.7 Å². The third kappa shape index (κ3) is 4.63. The highest BCUT2D eigenvalue weighted by atomic mass is 35.5. The van der Waals surface area contributed by atoms with Crippen molar-refractivity contribution < 1.29 is 5.11 Å². The van der Waals surface area contributed by atoms with Gasteiger partial charge in [0.05, 0.1) is 6.10 Å². The molecule has 0 saturated heterocycles. The summed E-state index contributed by atoms with van der Waals surface area (Å²) in [6.07, 6.45) is 1.52. The van der Waals surface area contributed by atoms with Crippen LogP contribution in [-0.2, 0) is 6.42 Å². The van der Waals surface area contributed by atoms with Crippen LogP contribution in [0.3, 0.4) is 0 Å². The molecule has 0 spiro atoms. The van der Waals surface area contributed by atoms with Crippen molar-refractivity contribution in [1.82, 2.24) is 0 Å². The van der Waals surface area contributed by atoms with Gasteiger partial charge in [-0.05, 0) is 42.3 Å². The molecule has 0 saturated carbocycles. The summed E-state index contributed by atoms with van der Waals surface area (Å²) in [5, 5.41) is 14.5. The van der Waals surface area contributed by atoms with Crippen molar-refractivity contribution in [2.75, 3.05) is 11.9 Å². The van der Waals surface area contributed by atoms with Gasteiger partial charge in [-0.25, -0.2) is 0 Å². The summed E-state index contributed by atoms with van der Waals surface area (Å²) in [5.41, 5.74) is 2.94. The van der Waals surface area contributed by atoms with E-state index in [0.717, 1.165) is 18.5 Å². The first kappa shape index (κ1) is 16.2. The van der Waals surface area contributed by atoms with Crippen LogP contribution in [0.5, 0.6) is 0 Å². The highest BCUT2D eigenvalue weighted by molar-refractivity contribution is 6.33. The molecule has 1 atom stereocenters. The second kappa shape index (κ2) is 7.69. The van der Waals surface area contributed by atoms with Gasteiger partial charge in [0.25, 0.3) is 0 Å². The molecule has 0 bridgehead atoms. The Morgan fingerprint density at radius 2 is 1.81 bits per heavy atom. The molecule has 0 aliphatic rings. The number of halogens is 2. The summed E-state index contributed by atoms with van der Waals surface area (Å²) < 4.78 is 0. The minimum atomic E-state index is -0.702. The van der Waals surface area contributed by atoms with E-state index in [1.54, 1.807) is 18.2 Å². The summed E-state index contributed by atoms with van der Waals surface area (Å²) in [6, 6.07) is 13.4. The number of hydrogen-bond acceptors (Lipinski definition) is 2. The molecule has 0 heterocycles. The minimum Gasteiger partial charge on any atom is -0.387 e. The summed E-state index contributed by atoms with van der Waals surface area (Å²) in [5.74, 6) is 0. The molecule has 0 amide bonds. The zero-order chi connectivity index (χ0) is 15.2. The van der Waals surface area contributed by atoms with E-state index in [9.17, 15) is 5.11 Å². The lowest BCUT2D eigenvalue weighted by Crippen LogP contribution is -2.12. The molecule has 1 unspecified atom stereocenters. The van der Waals surface area contributed by atoms with Crippen LogP contribution in [0.15, 0.2) is 42.5 Å². The third-order valence-electron chi connectivity index (χ3n) is 3.31. The molecule has 0 aliphatic carbocycles. The fourth-order valence-corrected chi connectivity index (χ4v) is 2.60. The molecule has 0 aromatic heterocycles. The van der Waals surface area contributed by atoms with E-state index in [0.29, 0.717) is 22.2 Å². The number of rotatable bonds is 6. The highest BCUT2D eigenvalue weighted by Gasteiger charge is 2.12. The minimum absolute atomic E-state index is 0.382. The third-order valence-corrected chi connectivity index (χ3v) is 3.89. The van der Waals surface area contributed by atoms with Crippen molar-refractivity contribution in [3.63, 3.8) is 0 Å². The van der Waals surface area contributed by atoms with Crippen LogP contribution < -0.4 is 5.32 Å². The fraction of sp³-hybridized carbons (Fsp3) is 0.294. The number of hydrogen-bond donors (Lipinski definition) is 2. The van der Waals surface area contributed by atoms with Gasteiger partial charge in [0, 0.05) is 27.8 Å². The topological polar surface area (TPSA) is 32.3 Å². The first-order valence-corrected chi connectivity index (χ1v) is 7.81. The number of aliphatic hydroxyl groups excluding tert-OH is 1. The van der Waals surface area contributed by atoms with Gasteiger partial charge in [0.2, 0.25) is 0 Å². The zero-order valence-electron chi connectivity index (χ0n) is 11.9. The van der Waals surface area contributed by atoms with Gasteiger partial charge in [-0.2, -0.15) is 0 Å². The maximum Gasteiger partial charge on any atom is 0.0977 e. The van der Waals surface area contributed by atoms with Gasteiger partial charge in [-0.15, -0.1) is 0 Å². The monoisotopic (exact) mass is 323 g/mol. The van der Waals surface area contributed by atoms with Crippen molar-refractivity contribution in [3.05, 3.63) is 63.6 Å². The highest BCUT2D eigenvalue weighted by Crippen LogP contribution is 2.26. The van der Waals surface area contributed by atoms with Gasteiger partial charge < -0.3 is 10.4 Å². The van der Waals surface area contributed by atoms with Crippen molar-refractivity contribution in [2.24, 2.45) is 0 Å².